The Morgan fingerprint density at radius 3 is 2.23 bits per heavy atom. The van der Waals surface area contributed by atoms with Gasteiger partial charge in [0.25, 0.3) is 0 Å². The molecule has 0 fully saturated rings. The third-order valence-corrected chi connectivity index (χ3v) is 2.84. The molecule has 0 aliphatic rings. The van der Waals surface area contributed by atoms with Crippen LogP contribution in [0.2, 0.25) is 0 Å². The molecule has 0 aliphatic heterocycles. The van der Waals surface area contributed by atoms with Gasteiger partial charge in [-0.25, -0.2) is 4.57 Å². The topological polar surface area (TPSA) is 92.7 Å². The van der Waals surface area contributed by atoms with Crippen LogP contribution in [0.4, 0.5) is 4.20 Å². The minimum absolute atomic E-state index is 0.241. The summed E-state index contributed by atoms with van der Waals surface area (Å²) in [4.78, 5) is 7.90. The fourth-order valence-electron chi connectivity index (χ4n) is 0.319. The van der Waals surface area contributed by atoms with Crippen LogP contribution in [0.3, 0.4) is 0 Å². The van der Waals surface area contributed by atoms with Crippen molar-refractivity contribution in [3.8, 4) is 0 Å². The molecule has 0 aromatic heterocycles. The third-order valence-electron chi connectivity index (χ3n) is 0.497. The van der Waals surface area contributed by atoms with Gasteiger partial charge in [0.05, 0.1) is 6.61 Å². The quantitative estimate of drug-likeness (QED) is 0.477. The van der Waals surface area contributed by atoms with E-state index in [0.29, 0.717) is 0 Å². The number of hydrogen-bond acceptors (Lipinski definition) is 4. The van der Waals surface area contributed by atoms with E-state index in [1.807, 2.05) is 30.8 Å². The van der Waals surface area contributed by atoms with Gasteiger partial charge in [-0.05, 0) is 6.92 Å². The first-order valence-corrected chi connectivity index (χ1v) is 6.43. The summed E-state index contributed by atoms with van der Waals surface area (Å²) < 4.78 is 46.9. The molecule has 0 rings (SSSR count). The monoisotopic (exact) mass is 221 g/mol. The van der Waals surface area contributed by atoms with Crippen LogP contribution in [0.1, 0.15) is 6.92 Å². The molecular weight excluding hydrogens is 214 g/mol. The van der Waals surface area contributed by atoms with Gasteiger partial charge in [0, 0.05) is 0 Å². The van der Waals surface area contributed by atoms with E-state index in [1.165, 1.54) is 6.92 Å². The second kappa shape index (κ2) is 7.47. The summed E-state index contributed by atoms with van der Waals surface area (Å²) in [6.07, 6.45) is 0. The molecule has 0 heterocycles. The molecule has 6 nitrogen and oxygen atoms in total. The summed E-state index contributed by atoms with van der Waals surface area (Å²) in [7, 11) is -9.71. The molecule has 0 spiro atoms. The van der Waals surface area contributed by atoms with Crippen LogP contribution in [0.25, 0.3) is 0 Å². The normalized spacial score (nSPS) is 15.6. The fourth-order valence-corrected chi connectivity index (χ4v) is 1.94. The van der Waals surface area contributed by atoms with Gasteiger partial charge in [0.15, 0.2) is 0 Å². The van der Waals surface area contributed by atoms with E-state index in [-0.39, 0.29) is 6.61 Å². The number of halogens is 1. The summed E-state index contributed by atoms with van der Waals surface area (Å²) in [6, 6.07) is 0. The molecule has 13 heavy (non-hydrogen) atoms. The Hall–Kier alpha value is 1.18. The Balaban J connectivity index is 0. The van der Waals surface area contributed by atoms with Gasteiger partial charge in [0.1, 0.15) is 0 Å². The van der Waals surface area contributed by atoms with E-state index in [0.717, 1.165) is 4.49 Å². The number of hydrogen-bond donors (Lipinski definition) is 2. The van der Waals surface area contributed by atoms with Crippen LogP contribution in [0.5, 0.6) is 0 Å². The molecule has 0 bridgehead atoms. The second-order valence-corrected chi connectivity index (χ2v) is 4.33. The molecule has 2 N–H and O–H groups in total. The SMILES string of the molecule is CCOS(=O)(=O)NP(=O)(O)F.[Li][Li]. The van der Waals surface area contributed by atoms with Crippen LogP contribution in [0.15, 0.2) is 0 Å². The summed E-state index contributed by atoms with van der Waals surface area (Å²) in [5, 5.41) is 0. The van der Waals surface area contributed by atoms with Crippen LogP contribution >= 0.6 is 7.83 Å². The minimum atomic E-state index is -5.28. The van der Waals surface area contributed by atoms with Crippen molar-refractivity contribution < 1.29 is 26.3 Å². The average Bonchev–Trinajstić information content (AvgIpc) is 1.85. The van der Waals surface area contributed by atoms with Crippen molar-refractivity contribution in [2.75, 3.05) is 6.61 Å². The van der Waals surface area contributed by atoms with E-state index in [4.69, 9.17) is 4.89 Å². The molecule has 0 amide bonds. The molecule has 0 aliphatic carbocycles. The zero-order valence-electron chi connectivity index (χ0n) is 7.52. The first-order valence-electron chi connectivity index (χ1n) is 3.48. The Bertz CT molecular complexity index is 264. The number of nitrogens with one attached hydrogen (secondary N) is 1. The third kappa shape index (κ3) is 13.2. The molecule has 1 unspecified atom stereocenters. The van der Waals surface area contributed by atoms with Crippen LogP contribution in [-0.2, 0) is 19.1 Å². The van der Waals surface area contributed by atoms with Gasteiger partial charge in [-0.2, -0.15) is 8.42 Å². The van der Waals surface area contributed by atoms with Gasteiger partial charge >= 0.3 is 48.9 Å². The van der Waals surface area contributed by atoms with Crippen molar-refractivity contribution in [1.82, 2.24) is 4.49 Å². The van der Waals surface area contributed by atoms with Gasteiger partial charge in [-0.1, -0.05) is 4.49 Å². The van der Waals surface area contributed by atoms with E-state index in [9.17, 15) is 17.2 Å². The molecule has 70 valence electrons. The van der Waals surface area contributed by atoms with Crippen molar-refractivity contribution in [2.24, 2.45) is 0 Å². The summed E-state index contributed by atoms with van der Waals surface area (Å²) in [5.41, 5.74) is 0. The average molecular weight is 221 g/mol. The van der Waals surface area contributed by atoms with E-state index >= 15 is 0 Å². The number of rotatable bonds is 4. The fraction of sp³-hybridized carbons (Fsp3) is 1.00. The first kappa shape index (κ1) is 16.6. The van der Waals surface area contributed by atoms with Crippen molar-refractivity contribution in [2.45, 2.75) is 6.92 Å². The molecule has 1 atom stereocenters. The van der Waals surface area contributed by atoms with Crippen LogP contribution in [0, 0.1) is 0 Å². The Kier molecular flexibility index (Phi) is 9.55. The molecular formula is C2H7FLi2NO5PS. The van der Waals surface area contributed by atoms with Crippen molar-refractivity contribution >= 4 is 48.9 Å². The Labute approximate surface area is 92.9 Å². The molecule has 0 saturated heterocycles. The standard InChI is InChI=1S/C2H7FNO5PS.2Li/c1-2-9-11(7,8)4-10(3,5)6;;/h2H2,1H3,(H2,4,5,6);;. The summed E-state index contributed by atoms with van der Waals surface area (Å²) in [5.74, 6) is 0. The van der Waals surface area contributed by atoms with Gasteiger partial charge in [0.2, 0.25) is 0 Å². The molecule has 0 aromatic carbocycles. The molecule has 0 saturated carbocycles. The zero-order chi connectivity index (χ0) is 11.1. The zero-order valence-corrected chi connectivity index (χ0v) is 9.23. The second-order valence-electron chi connectivity index (χ2n) is 1.45. The maximum atomic E-state index is 11.7. The predicted molar refractivity (Wildman–Crippen MR) is 46.1 cm³/mol. The molecule has 11 heteroatoms. The maximum absolute atomic E-state index is 11.7. The van der Waals surface area contributed by atoms with E-state index < -0.39 is 18.1 Å². The van der Waals surface area contributed by atoms with Crippen molar-refractivity contribution in [1.29, 1.82) is 0 Å². The molecule has 0 radical (unpaired) electrons. The Morgan fingerprint density at radius 1 is 1.62 bits per heavy atom. The molecule has 0 aromatic rings. The van der Waals surface area contributed by atoms with E-state index in [2.05, 4.69) is 4.18 Å². The van der Waals surface area contributed by atoms with Gasteiger partial charge in [-0.3, -0.25) is 4.18 Å². The summed E-state index contributed by atoms with van der Waals surface area (Å²) >= 11 is 4.00. The predicted octanol–water partition coefficient (Wildman–Crippen LogP) is -0.834. The van der Waals surface area contributed by atoms with Crippen LogP contribution < -0.4 is 4.49 Å². The first-order chi connectivity index (χ1) is 5.77. The van der Waals surface area contributed by atoms with Crippen LogP contribution in [-0.4, -0.2) is 50.7 Å². The Morgan fingerprint density at radius 2 is 2.00 bits per heavy atom. The van der Waals surface area contributed by atoms with Crippen molar-refractivity contribution in [3.05, 3.63) is 0 Å². The summed E-state index contributed by atoms with van der Waals surface area (Å²) in [6.45, 7) is 1.09. The van der Waals surface area contributed by atoms with Crippen molar-refractivity contribution in [3.63, 3.8) is 0 Å². The van der Waals surface area contributed by atoms with Gasteiger partial charge < -0.3 is 4.89 Å². The van der Waals surface area contributed by atoms with E-state index in [1.54, 1.807) is 0 Å². The van der Waals surface area contributed by atoms with Gasteiger partial charge in [-0.15, -0.1) is 4.20 Å².